The number of para-hydroxylation sites is 2. The average molecular weight is 474 g/mol. The van der Waals surface area contributed by atoms with Crippen molar-refractivity contribution in [2.75, 3.05) is 18.1 Å². The van der Waals surface area contributed by atoms with Crippen LogP contribution < -0.4 is 4.90 Å². The Balaban J connectivity index is 1.97. The summed E-state index contributed by atoms with van der Waals surface area (Å²) in [5.74, 6) is -1.46. The minimum atomic E-state index is -1.08. The predicted molar refractivity (Wildman–Crippen MR) is 126 cm³/mol. The maximum atomic E-state index is 13.7. The molecule has 2 heterocycles. The minimum Gasteiger partial charge on any atom is -0.465 e. The number of carbonyl (C=O) groups excluding carboxylic acids is 2. The molecule has 0 saturated carbocycles. The van der Waals surface area contributed by atoms with Gasteiger partial charge in [-0.3, -0.25) is 14.5 Å². The fourth-order valence-corrected chi connectivity index (χ4v) is 4.82. The molecule has 4 rings (SSSR count). The summed E-state index contributed by atoms with van der Waals surface area (Å²) in [7, 11) is 0. The van der Waals surface area contributed by atoms with E-state index < -0.39 is 17.9 Å². The van der Waals surface area contributed by atoms with E-state index in [0.717, 1.165) is 30.3 Å². The fourth-order valence-electron chi connectivity index (χ4n) is 4.30. The van der Waals surface area contributed by atoms with Gasteiger partial charge in [0.15, 0.2) is 5.92 Å². The number of esters is 1. The second-order valence-corrected chi connectivity index (χ2v) is 8.65. The van der Waals surface area contributed by atoms with Crippen LogP contribution >= 0.6 is 23.2 Å². The standard InChI is InChI=1S/C24H25Cl2N3O3/c1-3-5-8-13-28-22(30)20(23(31)32-4-2)21(16-12-11-15(25)14-17(16)26)29-19-10-7-6-9-18(19)27-24(28)29/h6-7,9-12,14,20-21H,3-5,8,13H2,1-2H3/t20-,21-/m1/s1. The third-order valence-corrected chi connectivity index (χ3v) is 6.31. The molecule has 0 spiro atoms. The number of hydrogen-bond acceptors (Lipinski definition) is 4. The van der Waals surface area contributed by atoms with E-state index in [9.17, 15) is 9.59 Å². The summed E-state index contributed by atoms with van der Waals surface area (Å²) >= 11 is 12.7. The van der Waals surface area contributed by atoms with Gasteiger partial charge in [-0.25, -0.2) is 4.98 Å². The topological polar surface area (TPSA) is 64.4 Å². The van der Waals surface area contributed by atoms with Gasteiger partial charge in [-0.1, -0.05) is 61.2 Å². The number of nitrogens with zero attached hydrogens (tertiary/aromatic N) is 3. The zero-order valence-electron chi connectivity index (χ0n) is 18.1. The maximum Gasteiger partial charge on any atom is 0.321 e. The molecule has 32 heavy (non-hydrogen) atoms. The lowest BCUT2D eigenvalue weighted by Gasteiger charge is -2.38. The molecular formula is C24H25Cl2N3O3. The second-order valence-electron chi connectivity index (χ2n) is 7.81. The number of fused-ring (bicyclic) bond motifs is 3. The van der Waals surface area contributed by atoms with Crippen LogP contribution in [0.3, 0.4) is 0 Å². The van der Waals surface area contributed by atoms with Gasteiger partial charge in [0.2, 0.25) is 11.9 Å². The molecule has 0 N–H and O–H groups in total. The van der Waals surface area contributed by atoms with Crippen molar-refractivity contribution in [3.63, 3.8) is 0 Å². The summed E-state index contributed by atoms with van der Waals surface area (Å²) in [5.41, 5.74) is 2.19. The number of benzene rings is 2. The number of ether oxygens (including phenoxy) is 1. The van der Waals surface area contributed by atoms with Gasteiger partial charge in [-0.05, 0) is 43.2 Å². The fraction of sp³-hybridized carbons (Fsp3) is 0.375. The lowest BCUT2D eigenvalue weighted by Crippen LogP contribution is -2.50. The number of amides is 1. The molecule has 0 unspecified atom stereocenters. The summed E-state index contributed by atoms with van der Waals surface area (Å²) in [4.78, 5) is 33.3. The Labute approximate surface area is 197 Å². The Bertz CT molecular complexity index is 1160. The van der Waals surface area contributed by atoms with Crippen molar-refractivity contribution in [1.29, 1.82) is 0 Å². The molecule has 1 aliphatic rings. The SMILES string of the molecule is CCCCCN1C(=O)[C@H](C(=O)OCC)[C@@H](c2ccc(Cl)cc2Cl)n2c1nc1ccccc12. The zero-order valence-corrected chi connectivity index (χ0v) is 19.6. The molecule has 2 aromatic carbocycles. The van der Waals surface area contributed by atoms with E-state index in [1.165, 1.54) is 0 Å². The Kier molecular flexibility index (Phi) is 6.72. The zero-order chi connectivity index (χ0) is 22.8. The first kappa shape index (κ1) is 22.6. The third-order valence-electron chi connectivity index (χ3n) is 5.75. The van der Waals surface area contributed by atoms with E-state index in [-0.39, 0.29) is 12.5 Å². The van der Waals surface area contributed by atoms with Crippen molar-refractivity contribution in [1.82, 2.24) is 9.55 Å². The van der Waals surface area contributed by atoms with Crippen LogP contribution in [-0.2, 0) is 14.3 Å². The molecule has 3 aromatic rings. The lowest BCUT2D eigenvalue weighted by atomic mass is 9.89. The van der Waals surface area contributed by atoms with Crippen molar-refractivity contribution in [2.45, 2.75) is 39.2 Å². The number of halogens is 2. The van der Waals surface area contributed by atoms with Crippen LogP contribution in [0.4, 0.5) is 5.95 Å². The normalized spacial score (nSPS) is 18.1. The smallest absolute Gasteiger partial charge is 0.321 e. The highest BCUT2D eigenvalue weighted by atomic mass is 35.5. The number of imidazole rings is 1. The van der Waals surface area contributed by atoms with Crippen LogP contribution in [0.2, 0.25) is 10.0 Å². The number of anilines is 1. The Hall–Kier alpha value is -2.57. The molecule has 168 valence electrons. The van der Waals surface area contributed by atoms with Gasteiger partial charge in [-0.2, -0.15) is 0 Å². The highest BCUT2D eigenvalue weighted by Gasteiger charge is 2.48. The molecule has 0 fully saturated rings. The largest absolute Gasteiger partial charge is 0.465 e. The van der Waals surface area contributed by atoms with Crippen LogP contribution in [0, 0.1) is 5.92 Å². The van der Waals surface area contributed by atoms with Crippen molar-refractivity contribution < 1.29 is 14.3 Å². The highest BCUT2D eigenvalue weighted by molar-refractivity contribution is 6.35. The van der Waals surface area contributed by atoms with E-state index >= 15 is 0 Å². The van der Waals surface area contributed by atoms with Crippen molar-refractivity contribution in [3.05, 3.63) is 58.1 Å². The van der Waals surface area contributed by atoms with E-state index in [1.54, 1.807) is 30.0 Å². The van der Waals surface area contributed by atoms with Crippen LogP contribution in [-0.4, -0.2) is 34.6 Å². The van der Waals surface area contributed by atoms with Crippen LogP contribution in [0.25, 0.3) is 11.0 Å². The molecule has 0 bridgehead atoms. The molecule has 8 heteroatoms. The number of hydrogen-bond donors (Lipinski definition) is 0. The van der Waals surface area contributed by atoms with Crippen LogP contribution in [0.15, 0.2) is 42.5 Å². The number of rotatable bonds is 7. The van der Waals surface area contributed by atoms with Gasteiger partial charge < -0.3 is 9.30 Å². The minimum absolute atomic E-state index is 0.178. The first-order valence-corrected chi connectivity index (χ1v) is 11.6. The third kappa shape index (κ3) is 3.97. The van der Waals surface area contributed by atoms with E-state index in [0.29, 0.717) is 28.1 Å². The van der Waals surface area contributed by atoms with Crippen LogP contribution in [0.1, 0.15) is 44.7 Å². The number of unbranched alkanes of at least 4 members (excludes halogenated alkanes) is 2. The summed E-state index contributed by atoms with van der Waals surface area (Å²) in [6.07, 6.45) is 2.80. The van der Waals surface area contributed by atoms with Crippen molar-refractivity contribution in [2.24, 2.45) is 5.92 Å². The molecule has 2 atom stereocenters. The molecule has 1 aliphatic heterocycles. The van der Waals surface area contributed by atoms with E-state index in [2.05, 4.69) is 6.92 Å². The summed E-state index contributed by atoms with van der Waals surface area (Å²) in [6, 6.07) is 12.0. The van der Waals surface area contributed by atoms with Crippen molar-refractivity contribution >= 4 is 52.1 Å². The van der Waals surface area contributed by atoms with Gasteiger partial charge >= 0.3 is 5.97 Å². The van der Waals surface area contributed by atoms with Crippen LogP contribution in [0.5, 0.6) is 0 Å². The van der Waals surface area contributed by atoms with Gasteiger partial charge in [0, 0.05) is 16.6 Å². The first-order chi connectivity index (χ1) is 15.5. The van der Waals surface area contributed by atoms with Crippen molar-refractivity contribution in [3.8, 4) is 0 Å². The first-order valence-electron chi connectivity index (χ1n) is 10.9. The summed E-state index contributed by atoms with van der Waals surface area (Å²) in [6.45, 7) is 4.49. The Morgan fingerprint density at radius 3 is 2.62 bits per heavy atom. The monoisotopic (exact) mass is 473 g/mol. The van der Waals surface area contributed by atoms with E-state index in [4.69, 9.17) is 32.9 Å². The van der Waals surface area contributed by atoms with Gasteiger partial charge in [-0.15, -0.1) is 0 Å². The highest BCUT2D eigenvalue weighted by Crippen LogP contribution is 2.43. The van der Waals surface area contributed by atoms with E-state index in [1.807, 2.05) is 28.8 Å². The molecule has 1 aromatic heterocycles. The van der Waals surface area contributed by atoms with Gasteiger partial charge in [0.1, 0.15) is 0 Å². The molecule has 1 amide bonds. The second kappa shape index (κ2) is 9.51. The molecule has 6 nitrogen and oxygen atoms in total. The summed E-state index contributed by atoms with van der Waals surface area (Å²) in [5, 5.41) is 0.859. The molecule has 0 radical (unpaired) electrons. The Morgan fingerprint density at radius 2 is 1.91 bits per heavy atom. The molecule has 0 aliphatic carbocycles. The molecular weight excluding hydrogens is 449 g/mol. The number of carbonyl (C=O) groups is 2. The summed E-state index contributed by atoms with van der Waals surface area (Å²) < 4.78 is 7.30. The Morgan fingerprint density at radius 1 is 1.12 bits per heavy atom. The van der Waals surface area contributed by atoms with Gasteiger partial charge in [0.25, 0.3) is 0 Å². The predicted octanol–water partition coefficient (Wildman–Crippen LogP) is 5.65. The number of aromatic nitrogens is 2. The average Bonchev–Trinajstić information content (AvgIpc) is 3.14. The van der Waals surface area contributed by atoms with Gasteiger partial charge in [0.05, 0.1) is 23.7 Å². The molecule has 0 saturated heterocycles. The quantitative estimate of drug-likeness (QED) is 0.252. The lowest BCUT2D eigenvalue weighted by molar-refractivity contribution is -0.153. The maximum absolute atomic E-state index is 13.7.